The van der Waals surface area contributed by atoms with E-state index in [1.807, 2.05) is 6.07 Å². The van der Waals surface area contributed by atoms with E-state index in [1.54, 1.807) is 6.26 Å². The molecule has 0 bridgehead atoms. The zero-order valence-electron chi connectivity index (χ0n) is 9.01. The van der Waals surface area contributed by atoms with Crippen LogP contribution in [0.4, 0.5) is 0 Å². The van der Waals surface area contributed by atoms with E-state index in [0.29, 0.717) is 10.8 Å². The molecule has 0 spiro atoms. The Balaban J connectivity index is 2.13. The van der Waals surface area contributed by atoms with Gasteiger partial charge in [0.15, 0.2) is 0 Å². The Morgan fingerprint density at radius 1 is 1.43 bits per heavy atom. The van der Waals surface area contributed by atoms with Crippen molar-refractivity contribution in [2.24, 2.45) is 16.7 Å². The molecule has 0 saturated heterocycles. The molecular formula is C12H17BrO. The Hall–Kier alpha value is -0.240. The fourth-order valence-electron chi connectivity index (χ4n) is 2.69. The van der Waals surface area contributed by atoms with Gasteiger partial charge < -0.3 is 4.42 Å². The second-order valence-corrected chi connectivity index (χ2v) is 5.75. The highest BCUT2D eigenvalue weighted by Crippen LogP contribution is 2.70. The number of hydrogen-bond donors (Lipinski definition) is 0. The van der Waals surface area contributed by atoms with Crippen molar-refractivity contribution < 1.29 is 4.42 Å². The van der Waals surface area contributed by atoms with Crippen LogP contribution >= 0.6 is 15.9 Å². The first kappa shape index (κ1) is 10.3. The molecule has 1 aliphatic rings. The van der Waals surface area contributed by atoms with Crippen molar-refractivity contribution in [1.29, 1.82) is 0 Å². The number of halogens is 1. The minimum atomic E-state index is 0.397. The van der Waals surface area contributed by atoms with Crippen LogP contribution in [0.2, 0.25) is 0 Å². The Morgan fingerprint density at radius 2 is 2.14 bits per heavy atom. The summed E-state index contributed by atoms with van der Waals surface area (Å²) in [6, 6.07) is 4.04. The highest BCUT2D eigenvalue weighted by atomic mass is 79.9. The second-order valence-electron chi connectivity index (χ2n) is 5.10. The topological polar surface area (TPSA) is 13.1 Å². The van der Waals surface area contributed by atoms with Gasteiger partial charge in [-0.05, 0) is 28.9 Å². The molecule has 1 nitrogen and oxygen atoms in total. The van der Waals surface area contributed by atoms with E-state index in [4.69, 9.17) is 4.42 Å². The summed E-state index contributed by atoms with van der Waals surface area (Å²) in [6.07, 6.45) is 2.82. The Labute approximate surface area is 94.0 Å². The summed E-state index contributed by atoms with van der Waals surface area (Å²) in [6.45, 7) is 7.06. The average Bonchev–Trinajstić information content (AvgIpc) is 2.54. The molecule has 0 aromatic carbocycles. The quantitative estimate of drug-likeness (QED) is 0.749. The van der Waals surface area contributed by atoms with Gasteiger partial charge in [-0.2, -0.15) is 0 Å². The van der Waals surface area contributed by atoms with Gasteiger partial charge in [0.25, 0.3) is 0 Å². The lowest BCUT2D eigenvalue weighted by Gasteiger charge is -2.12. The molecular weight excluding hydrogens is 240 g/mol. The van der Waals surface area contributed by atoms with E-state index < -0.39 is 0 Å². The molecule has 78 valence electrons. The molecule has 2 rings (SSSR count). The molecule has 0 amide bonds. The van der Waals surface area contributed by atoms with Crippen molar-refractivity contribution in [3.8, 4) is 0 Å². The highest BCUT2D eigenvalue weighted by molar-refractivity contribution is 9.09. The third-order valence-electron chi connectivity index (χ3n) is 4.30. The maximum Gasteiger partial charge on any atom is 0.104 e. The third kappa shape index (κ3) is 1.27. The molecule has 14 heavy (non-hydrogen) atoms. The minimum Gasteiger partial charge on any atom is -0.469 e. The van der Waals surface area contributed by atoms with Gasteiger partial charge >= 0.3 is 0 Å². The fraction of sp³-hybridized carbons (Fsp3) is 0.667. The lowest BCUT2D eigenvalue weighted by atomic mass is 9.93. The maximum absolute atomic E-state index is 5.42. The molecule has 2 unspecified atom stereocenters. The Kier molecular flexibility index (Phi) is 2.30. The third-order valence-corrected chi connectivity index (χ3v) is 4.95. The lowest BCUT2D eigenvalue weighted by molar-refractivity contribution is 0.373. The molecule has 1 aliphatic carbocycles. The van der Waals surface area contributed by atoms with Gasteiger partial charge in [-0.3, -0.25) is 0 Å². The first-order chi connectivity index (χ1) is 6.52. The monoisotopic (exact) mass is 256 g/mol. The lowest BCUT2D eigenvalue weighted by Crippen LogP contribution is -2.07. The van der Waals surface area contributed by atoms with Crippen LogP contribution < -0.4 is 0 Å². The van der Waals surface area contributed by atoms with Crippen molar-refractivity contribution >= 4 is 15.9 Å². The van der Waals surface area contributed by atoms with Gasteiger partial charge in [0.1, 0.15) is 5.76 Å². The zero-order valence-corrected chi connectivity index (χ0v) is 10.6. The molecule has 1 aromatic rings. The van der Waals surface area contributed by atoms with Crippen LogP contribution in [0.25, 0.3) is 0 Å². The second kappa shape index (κ2) is 3.13. The summed E-state index contributed by atoms with van der Waals surface area (Å²) in [4.78, 5) is 0. The summed E-state index contributed by atoms with van der Waals surface area (Å²) in [7, 11) is 0. The summed E-state index contributed by atoms with van der Waals surface area (Å²) in [5, 5.41) is 1.09. The fourth-order valence-corrected chi connectivity index (χ4v) is 4.21. The van der Waals surface area contributed by atoms with E-state index in [9.17, 15) is 0 Å². The van der Waals surface area contributed by atoms with Crippen LogP contribution in [0.3, 0.4) is 0 Å². The van der Waals surface area contributed by atoms with Gasteiger partial charge in [0, 0.05) is 11.8 Å². The molecule has 0 aliphatic heterocycles. The molecule has 1 saturated carbocycles. The van der Waals surface area contributed by atoms with E-state index in [1.165, 1.54) is 0 Å². The highest BCUT2D eigenvalue weighted by Gasteiger charge is 2.66. The van der Waals surface area contributed by atoms with Crippen molar-refractivity contribution in [1.82, 2.24) is 0 Å². The summed E-state index contributed by atoms with van der Waals surface area (Å²) < 4.78 is 5.42. The van der Waals surface area contributed by atoms with Crippen LogP contribution in [0.5, 0.6) is 0 Å². The van der Waals surface area contributed by atoms with Gasteiger partial charge in [-0.15, -0.1) is 0 Å². The number of hydrogen-bond acceptors (Lipinski definition) is 1. The number of alkyl halides is 1. The minimum absolute atomic E-state index is 0.397. The van der Waals surface area contributed by atoms with Crippen LogP contribution in [0, 0.1) is 16.7 Å². The van der Waals surface area contributed by atoms with Crippen molar-refractivity contribution in [3.63, 3.8) is 0 Å². The van der Waals surface area contributed by atoms with Crippen LogP contribution in [-0.4, -0.2) is 5.33 Å². The van der Waals surface area contributed by atoms with E-state index >= 15 is 0 Å². The molecule has 1 fully saturated rings. The van der Waals surface area contributed by atoms with Crippen molar-refractivity contribution in [3.05, 3.63) is 24.2 Å². The maximum atomic E-state index is 5.42. The number of rotatable bonds is 3. The summed E-state index contributed by atoms with van der Waals surface area (Å²) in [5.41, 5.74) is 0.831. The Bertz CT molecular complexity index is 315. The van der Waals surface area contributed by atoms with Gasteiger partial charge in [-0.25, -0.2) is 0 Å². The summed E-state index contributed by atoms with van der Waals surface area (Å²) in [5.74, 6) is 1.88. The predicted octanol–water partition coefficient (Wildman–Crippen LogP) is 3.88. The largest absolute Gasteiger partial charge is 0.469 e. The standard InChI is InChI=1S/C12H17BrO/c1-11(2)10(8-13)12(11,3)7-9-5-4-6-14-9/h4-6,10H,7-8H2,1-3H3. The molecule has 2 heteroatoms. The van der Waals surface area contributed by atoms with Crippen molar-refractivity contribution in [2.75, 3.05) is 5.33 Å². The van der Waals surface area contributed by atoms with E-state index in [2.05, 4.69) is 42.8 Å². The molecule has 1 aromatic heterocycles. The van der Waals surface area contributed by atoms with Crippen molar-refractivity contribution in [2.45, 2.75) is 27.2 Å². The molecule has 0 radical (unpaired) electrons. The summed E-state index contributed by atoms with van der Waals surface area (Å²) >= 11 is 3.60. The molecule has 1 heterocycles. The molecule has 0 N–H and O–H groups in total. The van der Waals surface area contributed by atoms with Gasteiger partial charge in [0.2, 0.25) is 0 Å². The van der Waals surface area contributed by atoms with Gasteiger partial charge in [-0.1, -0.05) is 36.7 Å². The van der Waals surface area contributed by atoms with E-state index in [0.717, 1.165) is 23.4 Å². The van der Waals surface area contributed by atoms with Gasteiger partial charge in [0.05, 0.1) is 6.26 Å². The smallest absolute Gasteiger partial charge is 0.104 e. The molecule has 2 atom stereocenters. The number of furan rings is 1. The van der Waals surface area contributed by atoms with E-state index in [-0.39, 0.29) is 0 Å². The average molecular weight is 257 g/mol. The SMILES string of the molecule is CC1(C)C(CBr)C1(C)Cc1ccco1. The Morgan fingerprint density at radius 3 is 2.57 bits per heavy atom. The predicted molar refractivity (Wildman–Crippen MR) is 61.6 cm³/mol. The van der Waals surface area contributed by atoms with Crippen LogP contribution in [0.1, 0.15) is 26.5 Å². The first-order valence-electron chi connectivity index (χ1n) is 5.11. The zero-order chi connectivity index (χ0) is 10.4. The first-order valence-corrected chi connectivity index (χ1v) is 6.23. The normalized spacial score (nSPS) is 34.4. The van der Waals surface area contributed by atoms with Crippen LogP contribution in [-0.2, 0) is 6.42 Å². The van der Waals surface area contributed by atoms with Crippen LogP contribution in [0.15, 0.2) is 22.8 Å².